The van der Waals surface area contributed by atoms with Crippen LogP contribution in [-0.4, -0.2) is 46.0 Å². The summed E-state index contributed by atoms with van der Waals surface area (Å²) in [6, 6.07) is 12.9. The number of fused-ring (bicyclic) bond motifs is 2. The molecule has 0 radical (unpaired) electrons. The van der Waals surface area contributed by atoms with E-state index in [1.165, 1.54) is 22.2 Å². The third-order valence-corrected chi connectivity index (χ3v) is 7.96. The van der Waals surface area contributed by atoms with Gasteiger partial charge in [-0.05, 0) is 42.7 Å². The van der Waals surface area contributed by atoms with Crippen LogP contribution in [0.25, 0.3) is 21.1 Å². The van der Waals surface area contributed by atoms with Crippen molar-refractivity contribution in [3.63, 3.8) is 0 Å². The molecule has 6 nitrogen and oxygen atoms in total. The minimum atomic E-state index is 0.382. The van der Waals surface area contributed by atoms with Crippen molar-refractivity contribution < 1.29 is 0 Å². The summed E-state index contributed by atoms with van der Waals surface area (Å²) in [5, 5.41) is 11.4. The molecule has 2 fully saturated rings. The van der Waals surface area contributed by atoms with E-state index < -0.39 is 0 Å². The molecule has 0 saturated carbocycles. The maximum absolute atomic E-state index is 9.09. The van der Waals surface area contributed by atoms with Crippen LogP contribution in [0.1, 0.15) is 29.5 Å². The van der Waals surface area contributed by atoms with Gasteiger partial charge in [0, 0.05) is 53.9 Å². The minimum absolute atomic E-state index is 0.382. The molecular weight excluding hydrogens is 404 g/mol. The number of nitrogens with one attached hydrogen (secondary N) is 1. The van der Waals surface area contributed by atoms with Crippen LogP contribution in [0.15, 0.2) is 36.7 Å². The molecule has 0 atom stereocenters. The number of anilines is 1. The van der Waals surface area contributed by atoms with Crippen LogP contribution in [-0.2, 0) is 13.0 Å². The molecule has 1 aromatic carbocycles. The number of aryl methyl sites for hydroxylation is 1. The van der Waals surface area contributed by atoms with E-state index in [4.69, 9.17) is 5.26 Å². The molecule has 3 aromatic heterocycles. The van der Waals surface area contributed by atoms with Crippen LogP contribution in [0.5, 0.6) is 0 Å². The Balaban J connectivity index is 1.14. The number of aromatic nitrogens is 3. The Bertz CT molecular complexity index is 1320. The molecule has 0 unspecified atom stereocenters. The van der Waals surface area contributed by atoms with Gasteiger partial charge in [-0.15, -0.1) is 11.3 Å². The zero-order valence-corrected chi connectivity index (χ0v) is 18.4. The van der Waals surface area contributed by atoms with Gasteiger partial charge in [0.1, 0.15) is 28.7 Å². The normalized spacial score (nSPS) is 18.1. The Kier molecular flexibility index (Phi) is 4.27. The van der Waals surface area contributed by atoms with Crippen LogP contribution >= 0.6 is 11.3 Å². The molecule has 1 spiro atoms. The summed E-state index contributed by atoms with van der Waals surface area (Å²) in [5.74, 6) is 1.11. The maximum atomic E-state index is 9.09. The van der Waals surface area contributed by atoms with E-state index in [1.807, 2.05) is 6.07 Å². The van der Waals surface area contributed by atoms with Gasteiger partial charge in [-0.25, -0.2) is 9.97 Å². The lowest BCUT2D eigenvalue weighted by Gasteiger charge is -2.48. The Labute approximate surface area is 185 Å². The topological polar surface area (TPSA) is 71.8 Å². The monoisotopic (exact) mass is 428 g/mol. The maximum Gasteiger partial charge on any atom is 0.140 e. The molecule has 2 saturated heterocycles. The predicted octanol–water partition coefficient (Wildman–Crippen LogP) is 4.32. The van der Waals surface area contributed by atoms with Crippen molar-refractivity contribution in [2.24, 2.45) is 5.41 Å². The molecule has 156 valence electrons. The van der Waals surface area contributed by atoms with E-state index in [-0.39, 0.29) is 0 Å². The van der Waals surface area contributed by atoms with Gasteiger partial charge < -0.3 is 9.88 Å². The largest absolute Gasteiger partial charge is 0.355 e. The van der Waals surface area contributed by atoms with Gasteiger partial charge in [-0.1, -0.05) is 13.0 Å². The Hall–Kier alpha value is -2.95. The van der Waals surface area contributed by atoms with Crippen molar-refractivity contribution in [2.45, 2.75) is 26.3 Å². The second-order valence-electron chi connectivity index (χ2n) is 9.02. The van der Waals surface area contributed by atoms with Crippen molar-refractivity contribution in [2.75, 3.05) is 31.1 Å². The number of rotatable bonds is 4. The summed E-state index contributed by atoms with van der Waals surface area (Å²) in [7, 11) is 0. The van der Waals surface area contributed by atoms with Gasteiger partial charge >= 0.3 is 0 Å². The second-order valence-corrected chi connectivity index (χ2v) is 10.1. The van der Waals surface area contributed by atoms with E-state index in [0.29, 0.717) is 11.1 Å². The fraction of sp³-hybridized carbons (Fsp3) is 0.375. The molecule has 31 heavy (non-hydrogen) atoms. The highest BCUT2D eigenvalue weighted by Gasteiger charge is 2.47. The highest BCUT2D eigenvalue weighted by molar-refractivity contribution is 7.18. The highest BCUT2D eigenvalue weighted by atomic mass is 32.1. The van der Waals surface area contributed by atoms with E-state index in [0.717, 1.165) is 60.7 Å². The van der Waals surface area contributed by atoms with Crippen LogP contribution in [0, 0.1) is 16.7 Å². The smallest absolute Gasteiger partial charge is 0.140 e. The Morgan fingerprint density at radius 1 is 1.19 bits per heavy atom. The van der Waals surface area contributed by atoms with Gasteiger partial charge in [0.2, 0.25) is 0 Å². The number of thiophene rings is 1. The first-order valence-corrected chi connectivity index (χ1v) is 11.7. The number of hydrogen-bond donors (Lipinski definition) is 1. The van der Waals surface area contributed by atoms with Crippen molar-refractivity contribution in [1.29, 1.82) is 5.26 Å². The van der Waals surface area contributed by atoms with E-state index >= 15 is 0 Å². The first kappa shape index (κ1) is 18.8. The van der Waals surface area contributed by atoms with E-state index in [9.17, 15) is 0 Å². The molecule has 5 heterocycles. The van der Waals surface area contributed by atoms with Crippen molar-refractivity contribution >= 4 is 38.3 Å². The van der Waals surface area contributed by atoms with E-state index in [2.05, 4.69) is 62.0 Å². The average molecular weight is 429 g/mol. The molecule has 0 bridgehead atoms. The molecule has 6 rings (SSSR count). The van der Waals surface area contributed by atoms with E-state index in [1.54, 1.807) is 17.7 Å². The first-order valence-electron chi connectivity index (χ1n) is 10.9. The summed E-state index contributed by atoms with van der Waals surface area (Å²) < 4.78 is 0. The summed E-state index contributed by atoms with van der Waals surface area (Å²) in [6.07, 6.45) is 3.99. The first-order chi connectivity index (χ1) is 15.1. The van der Waals surface area contributed by atoms with Crippen molar-refractivity contribution in [1.82, 2.24) is 19.9 Å². The zero-order chi connectivity index (χ0) is 21.0. The molecule has 0 aliphatic carbocycles. The molecule has 2 aliphatic heterocycles. The van der Waals surface area contributed by atoms with Crippen LogP contribution in [0.2, 0.25) is 0 Å². The summed E-state index contributed by atoms with van der Waals surface area (Å²) in [5.41, 5.74) is 3.34. The molecule has 7 heteroatoms. The molecule has 2 aliphatic rings. The number of hydrogen-bond acceptors (Lipinski definition) is 6. The van der Waals surface area contributed by atoms with Gasteiger partial charge in [-0.3, -0.25) is 4.90 Å². The third kappa shape index (κ3) is 3.18. The van der Waals surface area contributed by atoms with Crippen LogP contribution in [0.3, 0.4) is 0 Å². The zero-order valence-electron chi connectivity index (χ0n) is 17.6. The molecule has 1 N–H and O–H groups in total. The average Bonchev–Trinajstić information content (AvgIpc) is 3.48. The number of benzene rings is 1. The van der Waals surface area contributed by atoms with Gasteiger partial charge in [-0.2, -0.15) is 5.26 Å². The molecular formula is C24H24N6S. The number of aromatic amines is 1. The quantitative estimate of drug-likeness (QED) is 0.524. The highest BCUT2D eigenvalue weighted by Crippen LogP contribution is 2.43. The van der Waals surface area contributed by atoms with Crippen LogP contribution < -0.4 is 4.90 Å². The van der Waals surface area contributed by atoms with Gasteiger partial charge in [0.05, 0.1) is 5.39 Å². The molecule has 4 aromatic rings. The minimum Gasteiger partial charge on any atom is -0.355 e. The Morgan fingerprint density at radius 3 is 2.94 bits per heavy atom. The lowest BCUT2D eigenvalue weighted by Crippen LogP contribution is -2.56. The number of H-pyrrole nitrogens is 1. The fourth-order valence-electron chi connectivity index (χ4n) is 5.31. The predicted molar refractivity (Wildman–Crippen MR) is 124 cm³/mol. The SMILES string of the molecule is CCc1cc2c(N3CCC4(CN(Cc5ccc6[nH]c(C#N)cc6c5)C4)C3)ncnc2s1. The lowest BCUT2D eigenvalue weighted by molar-refractivity contribution is 0.0117. The van der Waals surface area contributed by atoms with Gasteiger partial charge in [0.15, 0.2) is 0 Å². The number of likely N-dealkylation sites (tertiary alicyclic amines) is 1. The third-order valence-electron chi connectivity index (χ3n) is 6.78. The summed E-state index contributed by atoms with van der Waals surface area (Å²) in [4.78, 5) is 19.8. The van der Waals surface area contributed by atoms with Crippen molar-refractivity contribution in [3.8, 4) is 6.07 Å². The Morgan fingerprint density at radius 2 is 2.10 bits per heavy atom. The number of nitrogens with zero attached hydrogens (tertiary/aromatic N) is 5. The fourth-order valence-corrected chi connectivity index (χ4v) is 6.24. The lowest BCUT2D eigenvalue weighted by atomic mass is 9.79. The molecule has 0 amide bonds. The standard InChI is InChI=1S/C24H24N6S/c1-2-19-9-20-22(26-15-27-23(20)31-19)30-6-5-24(14-30)12-29(13-24)11-16-3-4-21-17(7-16)8-18(10-25)28-21/h3-4,7-9,15,28H,2,5-6,11-14H2,1H3. The summed E-state index contributed by atoms with van der Waals surface area (Å²) in [6.45, 7) is 7.58. The number of nitriles is 1. The van der Waals surface area contributed by atoms with Gasteiger partial charge in [0.25, 0.3) is 0 Å². The van der Waals surface area contributed by atoms with Crippen molar-refractivity contribution in [3.05, 3.63) is 52.8 Å². The van der Waals surface area contributed by atoms with Crippen LogP contribution in [0.4, 0.5) is 5.82 Å². The second kappa shape index (κ2) is 7.04. The summed E-state index contributed by atoms with van der Waals surface area (Å²) >= 11 is 1.79.